The lowest BCUT2D eigenvalue weighted by atomic mass is 9.85. The second-order valence-electron chi connectivity index (χ2n) is 7.70. The van der Waals surface area contributed by atoms with Crippen LogP contribution in [0.3, 0.4) is 0 Å². The van der Waals surface area contributed by atoms with E-state index in [0.29, 0.717) is 32.4 Å². The minimum atomic E-state index is -4.30. The van der Waals surface area contributed by atoms with Crippen molar-refractivity contribution in [1.82, 2.24) is 4.90 Å². The molecule has 1 aromatic heterocycles. The summed E-state index contributed by atoms with van der Waals surface area (Å²) in [5, 5.41) is 2.33. The monoisotopic (exact) mass is 611 g/mol. The van der Waals surface area contributed by atoms with Crippen LogP contribution in [0.4, 0.5) is 13.2 Å². The Morgan fingerprint density at radius 3 is 2.52 bits per heavy atom. The van der Waals surface area contributed by atoms with Crippen molar-refractivity contribution in [3.8, 4) is 23.2 Å². The van der Waals surface area contributed by atoms with Crippen LogP contribution in [0.5, 0.6) is 11.5 Å². The van der Waals surface area contributed by atoms with Crippen molar-refractivity contribution in [3.63, 3.8) is 0 Å². The van der Waals surface area contributed by atoms with E-state index in [1.165, 1.54) is 15.0 Å². The van der Waals surface area contributed by atoms with Gasteiger partial charge in [0.25, 0.3) is 0 Å². The quantitative estimate of drug-likeness (QED) is 0.291. The van der Waals surface area contributed by atoms with Gasteiger partial charge < -0.3 is 14.2 Å². The lowest BCUT2D eigenvalue weighted by Crippen LogP contribution is -2.45. The fraction of sp³-hybridized carbons (Fsp3) is 0.478. The summed E-state index contributed by atoms with van der Waals surface area (Å²) in [5.74, 6) is 1.51. The number of halogens is 4. The Kier molecular flexibility index (Phi) is 9.25. The Hall–Kier alpha value is -1.13. The zero-order valence-electron chi connectivity index (χ0n) is 18.3. The molecule has 3 heterocycles. The van der Waals surface area contributed by atoms with Gasteiger partial charge in [0.15, 0.2) is 0 Å². The van der Waals surface area contributed by atoms with Crippen molar-refractivity contribution in [2.75, 3.05) is 33.9 Å². The molecule has 1 aromatic carbocycles. The summed E-state index contributed by atoms with van der Waals surface area (Å²) in [6.07, 6.45) is 2.37. The van der Waals surface area contributed by atoms with Crippen molar-refractivity contribution in [2.45, 2.75) is 37.6 Å². The minimum Gasteiger partial charge on any atom is -0.497 e. The summed E-state index contributed by atoms with van der Waals surface area (Å²) in [4.78, 5) is 2.56. The van der Waals surface area contributed by atoms with Crippen LogP contribution >= 0.6 is 41.5 Å². The summed E-state index contributed by atoms with van der Waals surface area (Å²) in [6.45, 7) is 2.71. The molecular formula is C23H25F3INO3S2. The van der Waals surface area contributed by atoms with Gasteiger partial charge in [-0.05, 0) is 51.1 Å². The topological polar surface area (TPSA) is 30.9 Å². The molecular weight excluding hydrogens is 586 g/mol. The molecule has 0 bridgehead atoms. The highest BCUT2D eigenvalue weighted by molar-refractivity contribution is 14.2. The Morgan fingerprint density at radius 2 is 1.94 bits per heavy atom. The molecule has 0 amide bonds. The first-order valence-electron chi connectivity index (χ1n) is 10.3. The molecule has 180 valence electrons. The average molecular weight is 611 g/mol. The molecule has 1 spiro atoms. The van der Waals surface area contributed by atoms with E-state index in [4.69, 9.17) is 20.6 Å². The van der Waals surface area contributed by atoms with Gasteiger partial charge in [-0.2, -0.15) is 13.2 Å². The Morgan fingerprint density at radius 1 is 1.24 bits per heavy atom. The average Bonchev–Trinajstić information content (AvgIpc) is 3.28. The van der Waals surface area contributed by atoms with E-state index >= 15 is 0 Å². The predicted octanol–water partition coefficient (Wildman–Crippen LogP) is 6.51. The van der Waals surface area contributed by atoms with E-state index in [1.54, 1.807) is 14.2 Å². The molecule has 33 heavy (non-hydrogen) atoms. The number of terminal acetylenes is 1. The number of rotatable bonds is 4. The first kappa shape index (κ1) is 26.5. The standard InChI is InChI=1S/C21H24F3NO3S.C2HIS/c1-26-16-4-3-15(17(12-16)27-2)13-25-8-6-20(7-9-25)19-14(5-10-28-20)11-18(29-19)21(22,23)24;1-2-4-3/h3-4,11-12H,5-10,13H2,1-2H3;1H. The van der Waals surface area contributed by atoms with Gasteiger partial charge in [0.2, 0.25) is 0 Å². The number of methoxy groups -OCH3 is 2. The van der Waals surface area contributed by atoms with E-state index in [9.17, 15) is 13.2 Å². The summed E-state index contributed by atoms with van der Waals surface area (Å²) in [5.41, 5.74) is 1.28. The summed E-state index contributed by atoms with van der Waals surface area (Å²) < 4.78 is 56.4. The van der Waals surface area contributed by atoms with Crippen molar-refractivity contribution in [1.29, 1.82) is 0 Å². The molecule has 0 radical (unpaired) electrons. The zero-order chi connectivity index (χ0) is 24.1. The maximum absolute atomic E-state index is 13.2. The number of hydrogen-bond donors (Lipinski definition) is 0. The number of ether oxygens (including phenoxy) is 3. The van der Waals surface area contributed by atoms with Gasteiger partial charge in [0.1, 0.15) is 22.0 Å². The third-order valence-electron chi connectivity index (χ3n) is 5.85. The normalized spacial score (nSPS) is 17.5. The number of hydrogen-bond acceptors (Lipinski definition) is 6. The maximum Gasteiger partial charge on any atom is 0.425 e. The largest absolute Gasteiger partial charge is 0.497 e. The van der Waals surface area contributed by atoms with Crippen LogP contribution in [-0.2, 0) is 29.5 Å². The molecule has 2 aliphatic heterocycles. The van der Waals surface area contributed by atoms with Crippen molar-refractivity contribution in [2.24, 2.45) is 0 Å². The second kappa shape index (κ2) is 11.5. The predicted molar refractivity (Wildman–Crippen MR) is 135 cm³/mol. The van der Waals surface area contributed by atoms with Crippen LogP contribution in [0.1, 0.15) is 33.7 Å². The Balaban J connectivity index is 0.000000709. The molecule has 10 heteroatoms. The van der Waals surface area contributed by atoms with Gasteiger partial charge in [-0.25, -0.2) is 0 Å². The van der Waals surface area contributed by atoms with Crippen molar-refractivity contribution in [3.05, 3.63) is 45.1 Å². The van der Waals surface area contributed by atoms with Crippen LogP contribution < -0.4 is 9.47 Å². The molecule has 4 nitrogen and oxygen atoms in total. The number of likely N-dealkylation sites (tertiary alicyclic amines) is 1. The zero-order valence-corrected chi connectivity index (χ0v) is 22.1. The molecule has 0 saturated carbocycles. The molecule has 4 rings (SSSR count). The van der Waals surface area contributed by atoms with Gasteiger partial charge in [0, 0.05) is 57.3 Å². The number of piperidine rings is 1. The van der Waals surface area contributed by atoms with Crippen LogP contribution in [0.2, 0.25) is 0 Å². The highest BCUT2D eigenvalue weighted by Gasteiger charge is 2.45. The highest BCUT2D eigenvalue weighted by atomic mass is 127. The third kappa shape index (κ3) is 6.31. The molecule has 0 N–H and O–H groups in total. The van der Waals surface area contributed by atoms with E-state index in [2.05, 4.69) is 10.2 Å². The minimum absolute atomic E-state index is 0.479. The van der Waals surface area contributed by atoms with E-state index in [0.717, 1.165) is 51.9 Å². The number of benzene rings is 1. The van der Waals surface area contributed by atoms with Gasteiger partial charge in [-0.1, -0.05) is 6.07 Å². The molecule has 1 fully saturated rings. The molecule has 0 unspecified atom stereocenters. The van der Waals surface area contributed by atoms with E-state index in [1.807, 2.05) is 39.4 Å². The van der Waals surface area contributed by atoms with Crippen molar-refractivity contribution >= 4 is 41.5 Å². The van der Waals surface area contributed by atoms with Gasteiger partial charge >= 0.3 is 6.18 Å². The Bertz CT molecular complexity index is 982. The van der Waals surface area contributed by atoms with E-state index < -0.39 is 16.7 Å². The molecule has 1 saturated heterocycles. The number of alkyl halides is 3. The number of fused-ring (bicyclic) bond motifs is 2. The van der Waals surface area contributed by atoms with Crippen LogP contribution in [0, 0.1) is 11.7 Å². The van der Waals surface area contributed by atoms with Gasteiger partial charge in [0.05, 0.1) is 20.8 Å². The fourth-order valence-corrected chi connectivity index (χ4v) is 5.51. The van der Waals surface area contributed by atoms with Crippen LogP contribution in [-0.4, -0.2) is 38.8 Å². The molecule has 0 aliphatic carbocycles. The summed E-state index contributed by atoms with van der Waals surface area (Å²) in [7, 11) is 4.61. The lowest BCUT2D eigenvalue weighted by molar-refractivity contribution is -0.134. The molecule has 2 aromatic rings. The van der Waals surface area contributed by atoms with Gasteiger partial charge in [-0.15, -0.1) is 17.8 Å². The maximum atomic E-state index is 13.2. The van der Waals surface area contributed by atoms with Crippen LogP contribution in [0.25, 0.3) is 0 Å². The lowest BCUT2D eigenvalue weighted by Gasteiger charge is -2.43. The Labute approximate surface area is 212 Å². The van der Waals surface area contributed by atoms with Gasteiger partial charge in [-0.3, -0.25) is 4.90 Å². The fourth-order valence-electron chi connectivity index (χ4n) is 4.23. The first-order chi connectivity index (χ1) is 15.8. The van der Waals surface area contributed by atoms with Crippen LogP contribution in [0.15, 0.2) is 24.3 Å². The number of thiophene rings is 1. The SMILES string of the molecule is C#CSI.COc1ccc(CN2CCC3(CC2)OCCc2cc(C(F)(F)F)sc23)c(OC)c1. The first-order valence-corrected chi connectivity index (χ1v) is 14.4. The smallest absolute Gasteiger partial charge is 0.425 e. The van der Waals surface area contributed by atoms with E-state index in [-0.39, 0.29) is 0 Å². The third-order valence-corrected chi connectivity index (χ3v) is 8.11. The second-order valence-corrected chi connectivity index (χ2v) is 10.5. The van der Waals surface area contributed by atoms with Crippen molar-refractivity contribution < 1.29 is 27.4 Å². The summed E-state index contributed by atoms with van der Waals surface area (Å²) >= 11 is 2.89. The highest BCUT2D eigenvalue weighted by Crippen LogP contribution is 2.48. The summed E-state index contributed by atoms with van der Waals surface area (Å²) in [6, 6.07) is 7.08. The molecule has 2 aliphatic rings. The molecule has 0 atom stereocenters. The number of nitrogens with zero attached hydrogens (tertiary/aromatic N) is 1.